The second-order valence-corrected chi connectivity index (χ2v) is 8.63. The number of benzene rings is 1. The van der Waals surface area contributed by atoms with E-state index in [0.717, 1.165) is 26.8 Å². The van der Waals surface area contributed by atoms with Gasteiger partial charge in [-0.05, 0) is 55.0 Å². The van der Waals surface area contributed by atoms with Crippen LogP contribution in [0, 0.1) is 6.92 Å². The zero-order valence-electron chi connectivity index (χ0n) is 16.5. The molecule has 0 bridgehead atoms. The van der Waals surface area contributed by atoms with Crippen molar-refractivity contribution < 1.29 is 4.79 Å². The van der Waals surface area contributed by atoms with E-state index in [2.05, 4.69) is 42.5 Å². The molecule has 1 amide bonds. The van der Waals surface area contributed by atoms with Crippen LogP contribution in [0.15, 0.2) is 53.4 Å². The first-order chi connectivity index (χ1) is 14.6. The predicted octanol–water partition coefficient (Wildman–Crippen LogP) is 4.26. The summed E-state index contributed by atoms with van der Waals surface area (Å²) in [5, 5.41) is 12.9. The van der Waals surface area contributed by atoms with Gasteiger partial charge in [-0.25, -0.2) is 9.67 Å². The molecular formula is C22H21BrN6O. The summed E-state index contributed by atoms with van der Waals surface area (Å²) >= 11 is 3.44. The number of anilines is 1. The Hall–Kier alpha value is -3.00. The van der Waals surface area contributed by atoms with Crippen molar-refractivity contribution in [2.45, 2.75) is 38.8 Å². The largest absolute Gasteiger partial charge is 0.322 e. The van der Waals surface area contributed by atoms with Crippen molar-refractivity contribution in [1.29, 1.82) is 0 Å². The number of carbonyl (C=O) groups excluding carboxylic acids is 1. The fraction of sp³-hybridized carbons (Fsp3) is 0.273. The number of hydrogen-bond donors (Lipinski definition) is 1. The van der Waals surface area contributed by atoms with E-state index in [1.807, 2.05) is 43.6 Å². The quantitative estimate of drug-likeness (QED) is 0.462. The highest BCUT2D eigenvalue weighted by Crippen LogP contribution is 2.43. The molecule has 1 N–H and O–H groups in total. The molecule has 3 aromatic heterocycles. The number of aryl methyl sites for hydroxylation is 1. The molecule has 1 aliphatic rings. The Bertz CT molecular complexity index is 1220. The van der Waals surface area contributed by atoms with Crippen molar-refractivity contribution >= 4 is 38.6 Å². The third-order valence-corrected chi connectivity index (χ3v) is 5.85. The highest BCUT2D eigenvalue weighted by atomic mass is 79.9. The summed E-state index contributed by atoms with van der Waals surface area (Å²) in [4.78, 5) is 17.1. The first-order valence-corrected chi connectivity index (χ1v) is 10.7. The summed E-state index contributed by atoms with van der Waals surface area (Å²) in [6, 6.07) is 10.2. The van der Waals surface area contributed by atoms with Crippen LogP contribution >= 0.6 is 15.9 Å². The lowest BCUT2D eigenvalue weighted by atomic mass is 10.1. The summed E-state index contributed by atoms with van der Waals surface area (Å²) in [6.07, 6.45) is 7.74. The lowest BCUT2D eigenvalue weighted by Crippen LogP contribution is -2.19. The summed E-state index contributed by atoms with van der Waals surface area (Å²) in [7, 11) is 0. The van der Waals surface area contributed by atoms with Crippen LogP contribution in [0.1, 0.15) is 35.6 Å². The van der Waals surface area contributed by atoms with Crippen LogP contribution in [0.4, 0.5) is 5.69 Å². The van der Waals surface area contributed by atoms with Gasteiger partial charge in [0.2, 0.25) is 5.91 Å². The van der Waals surface area contributed by atoms with Crippen LogP contribution in [-0.4, -0.2) is 30.5 Å². The van der Waals surface area contributed by atoms with Crippen molar-refractivity contribution in [3.63, 3.8) is 0 Å². The Morgan fingerprint density at radius 3 is 2.80 bits per heavy atom. The molecule has 5 rings (SSSR count). The molecule has 0 atom stereocenters. The maximum absolute atomic E-state index is 12.6. The predicted molar refractivity (Wildman–Crippen MR) is 118 cm³/mol. The third-order valence-electron chi connectivity index (χ3n) is 5.33. The van der Waals surface area contributed by atoms with Crippen LogP contribution in [-0.2, 0) is 17.9 Å². The number of halogens is 1. The van der Waals surface area contributed by atoms with Gasteiger partial charge in [-0.1, -0.05) is 28.1 Å². The molecule has 1 saturated carbocycles. The van der Waals surface area contributed by atoms with Gasteiger partial charge in [-0.3, -0.25) is 9.48 Å². The molecule has 0 unspecified atom stereocenters. The highest BCUT2D eigenvalue weighted by Gasteiger charge is 2.27. The molecule has 1 fully saturated rings. The van der Waals surface area contributed by atoms with Crippen LogP contribution in [0.2, 0.25) is 0 Å². The summed E-state index contributed by atoms with van der Waals surface area (Å²) < 4.78 is 4.54. The number of hydrogen-bond acceptors (Lipinski definition) is 4. The maximum Gasteiger partial charge on any atom is 0.246 e. The van der Waals surface area contributed by atoms with Crippen LogP contribution in [0.25, 0.3) is 11.0 Å². The minimum absolute atomic E-state index is 0.114. The number of aromatic nitrogens is 5. The number of pyridine rings is 1. The smallest absolute Gasteiger partial charge is 0.246 e. The Balaban J connectivity index is 1.28. The van der Waals surface area contributed by atoms with Gasteiger partial charge in [0.25, 0.3) is 0 Å². The standard InChI is InChI=1S/C22H21BrN6O/c1-14-21-19(16-4-5-16)8-9-24-22(21)29(27-14)13-20(30)26-18-10-25-28(12-18)11-15-2-6-17(23)7-3-15/h2-3,6-10,12,16H,4-5,11,13H2,1H3,(H,26,30). The van der Waals surface area contributed by atoms with E-state index in [1.54, 1.807) is 15.6 Å². The van der Waals surface area contributed by atoms with Crippen LogP contribution in [0.5, 0.6) is 0 Å². The fourth-order valence-corrected chi connectivity index (χ4v) is 4.05. The van der Waals surface area contributed by atoms with E-state index in [9.17, 15) is 4.79 Å². The average molecular weight is 465 g/mol. The summed E-state index contributed by atoms with van der Waals surface area (Å²) in [5.74, 6) is 0.457. The van der Waals surface area contributed by atoms with Gasteiger partial charge in [0.05, 0.1) is 24.1 Å². The van der Waals surface area contributed by atoms with Crippen molar-refractivity contribution in [1.82, 2.24) is 24.5 Å². The molecule has 30 heavy (non-hydrogen) atoms. The molecule has 1 aromatic carbocycles. The zero-order chi connectivity index (χ0) is 20.7. The van der Waals surface area contributed by atoms with E-state index >= 15 is 0 Å². The van der Waals surface area contributed by atoms with Crippen molar-refractivity contribution in [3.05, 3.63) is 70.2 Å². The van der Waals surface area contributed by atoms with Gasteiger partial charge in [-0.2, -0.15) is 10.2 Å². The number of nitrogens with zero attached hydrogens (tertiary/aromatic N) is 5. The molecule has 0 spiro atoms. The zero-order valence-corrected chi connectivity index (χ0v) is 18.1. The first kappa shape index (κ1) is 19.0. The molecule has 3 heterocycles. The average Bonchev–Trinajstić information content (AvgIpc) is 3.42. The minimum atomic E-state index is -0.152. The molecule has 0 saturated heterocycles. The molecular weight excluding hydrogens is 444 g/mol. The Kier molecular flexibility index (Phi) is 4.86. The molecule has 1 aliphatic carbocycles. The minimum Gasteiger partial charge on any atom is -0.322 e. The monoisotopic (exact) mass is 464 g/mol. The maximum atomic E-state index is 12.6. The van der Waals surface area contributed by atoms with Gasteiger partial charge >= 0.3 is 0 Å². The van der Waals surface area contributed by atoms with E-state index in [1.165, 1.54) is 18.4 Å². The lowest BCUT2D eigenvalue weighted by molar-refractivity contribution is -0.116. The van der Waals surface area contributed by atoms with Gasteiger partial charge in [0.15, 0.2) is 5.65 Å². The Morgan fingerprint density at radius 1 is 1.23 bits per heavy atom. The van der Waals surface area contributed by atoms with E-state index < -0.39 is 0 Å². The number of fused-ring (bicyclic) bond motifs is 1. The van der Waals surface area contributed by atoms with Gasteiger partial charge in [0, 0.05) is 22.3 Å². The molecule has 8 heteroatoms. The van der Waals surface area contributed by atoms with Crippen molar-refractivity contribution in [3.8, 4) is 0 Å². The molecule has 7 nitrogen and oxygen atoms in total. The van der Waals surface area contributed by atoms with Crippen LogP contribution < -0.4 is 5.32 Å². The van der Waals surface area contributed by atoms with E-state index in [-0.39, 0.29) is 12.5 Å². The Morgan fingerprint density at radius 2 is 2.03 bits per heavy atom. The van der Waals surface area contributed by atoms with Crippen molar-refractivity contribution in [2.24, 2.45) is 0 Å². The highest BCUT2D eigenvalue weighted by molar-refractivity contribution is 9.10. The summed E-state index contributed by atoms with van der Waals surface area (Å²) in [6.45, 7) is 2.74. The van der Waals surface area contributed by atoms with E-state index in [0.29, 0.717) is 18.2 Å². The van der Waals surface area contributed by atoms with E-state index in [4.69, 9.17) is 0 Å². The topological polar surface area (TPSA) is 77.6 Å². The first-order valence-electron chi connectivity index (χ1n) is 9.95. The number of carbonyl (C=O) groups is 1. The normalized spacial score (nSPS) is 13.7. The second kappa shape index (κ2) is 7.68. The fourth-order valence-electron chi connectivity index (χ4n) is 3.78. The number of rotatable bonds is 6. The van der Waals surface area contributed by atoms with Crippen molar-refractivity contribution in [2.75, 3.05) is 5.32 Å². The number of nitrogens with one attached hydrogen (secondary N) is 1. The second-order valence-electron chi connectivity index (χ2n) is 7.72. The lowest BCUT2D eigenvalue weighted by Gasteiger charge is -2.05. The third kappa shape index (κ3) is 3.87. The Labute approximate surface area is 182 Å². The van der Waals surface area contributed by atoms with Gasteiger partial charge in [-0.15, -0.1) is 0 Å². The molecule has 0 aliphatic heterocycles. The molecule has 0 radical (unpaired) electrons. The van der Waals surface area contributed by atoms with Crippen LogP contribution in [0.3, 0.4) is 0 Å². The SMILES string of the molecule is Cc1nn(CC(=O)Nc2cnn(Cc3ccc(Br)cc3)c2)c2nccc(C3CC3)c12. The van der Waals surface area contributed by atoms with Gasteiger partial charge < -0.3 is 5.32 Å². The molecule has 4 aromatic rings. The number of amides is 1. The van der Waals surface area contributed by atoms with Gasteiger partial charge in [0.1, 0.15) is 6.54 Å². The summed E-state index contributed by atoms with van der Waals surface area (Å²) in [5.41, 5.74) is 4.80. The molecule has 152 valence electrons.